The number of amides is 3. The molecule has 30 heavy (non-hydrogen) atoms. The molecule has 0 saturated heterocycles. The number of nitrogens with one attached hydrogen (secondary N) is 2. The van der Waals surface area contributed by atoms with Crippen molar-refractivity contribution in [1.82, 2.24) is 0 Å². The van der Waals surface area contributed by atoms with E-state index in [1.165, 1.54) is 17.2 Å². The number of hydrogen-bond donors (Lipinski definition) is 2. The van der Waals surface area contributed by atoms with Gasteiger partial charge in [-0.15, -0.1) is 0 Å². The van der Waals surface area contributed by atoms with Crippen LogP contribution >= 0.6 is 0 Å². The van der Waals surface area contributed by atoms with Crippen molar-refractivity contribution < 1.29 is 23.5 Å². The van der Waals surface area contributed by atoms with E-state index in [0.29, 0.717) is 22.8 Å². The van der Waals surface area contributed by atoms with E-state index in [0.717, 1.165) is 0 Å². The highest BCUT2D eigenvalue weighted by Crippen LogP contribution is 2.34. The summed E-state index contributed by atoms with van der Waals surface area (Å²) in [6, 6.07) is 15.8. The molecule has 152 valence electrons. The number of furan rings is 1. The molecule has 1 aliphatic heterocycles. The summed E-state index contributed by atoms with van der Waals surface area (Å²) in [4.78, 5) is 39.8. The maximum atomic E-state index is 13.1. The minimum absolute atomic E-state index is 0.0834. The summed E-state index contributed by atoms with van der Waals surface area (Å²) in [6.07, 6.45) is 1.16. The van der Waals surface area contributed by atoms with Gasteiger partial charge < -0.3 is 19.8 Å². The lowest BCUT2D eigenvalue weighted by Gasteiger charge is -2.35. The Morgan fingerprint density at radius 3 is 2.57 bits per heavy atom. The predicted octanol–water partition coefficient (Wildman–Crippen LogP) is 3.28. The van der Waals surface area contributed by atoms with Gasteiger partial charge in [-0.1, -0.05) is 12.1 Å². The third kappa shape index (κ3) is 3.75. The fourth-order valence-electron chi connectivity index (χ4n) is 3.31. The lowest BCUT2D eigenvalue weighted by Crippen LogP contribution is -2.52. The third-order valence-corrected chi connectivity index (χ3v) is 4.74. The van der Waals surface area contributed by atoms with Gasteiger partial charge in [-0.25, -0.2) is 0 Å². The third-order valence-electron chi connectivity index (χ3n) is 4.74. The van der Waals surface area contributed by atoms with Gasteiger partial charge in [0, 0.05) is 5.69 Å². The standard InChI is InChI=1S/C22H19N3O5/c1-29-15-10-8-14(9-11-15)23-20(26)13-18-21(27)24-16-5-2-3-6-17(16)25(18)22(28)19-7-4-12-30-19/h2-12,18H,13H2,1H3,(H,23,26)(H,24,27)/t18-/m1/s1. The lowest BCUT2D eigenvalue weighted by atomic mass is 10.0. The van der Waals surface area contributed by atoms with Crippen LogP contribution in [0.5, 0.6) is 5.75 Å². The molecule has 0 fully saturated rings. The topological polar surface area (TPSA) is 101 Å². The van der Waals surface area contributed by atoms with E-state index >= 15 is 0 Å². The number of methoxy groups -OCH3 is 1. The molecular weight excluding hydrogens is 386 g/mol. The van der Waals surface area contributed by atoms with Gasteiger partial charge in [0.25, 0.3) is 5.91 Å². The molecule has 2 aromatic carbocycles. The van der Waals surface area contributed by atoms with Gasteiger partial charge in [-0.2, -0.15) is 0 Å². The Hall–Kier alpha value is -4.07. The Balaban J connectivity index is 1.60. The Kier molecular flexibility index (Phi) is 5.21. The van der Waals surface area contributed by atoms with Crippen molar-refractivity contribution in [3.8, 4) is 5.75 Å². The van der Waals surface area contributed by atoms with E-state index in [1.54, 1.807) is 61.7 Å². The fourth-order valence-corrected chi connectivity index (χ4v) is 3.31. The van der Waals surface area contributed by atoms with Crippen LogP contribution in [0.1, 0.15) is 17.0 Å². The minimum Gasteiger partial charge on any atom is -0.497 e. The quantitative estimate of drug-likeness (QED) is 0.678. The molecule has 0 radical (unpaired) electrons. The van der Waals surface area contributed by atoms with Crippen LogP contribution in [0.25, 0.3) is 0 Å². The van der Waals surface area contributed by atoms with Crippen LogP contribution in [0.4, 0.5) is 17.1 Å². The van der Waals surface area contributed by atoms with Crippen molar-refractivity contribution in [2.45, 2.75) is 12.5 Å². The average Bonchev–Trinajstić information content (AvgIpc) is 3.29. The molecule has 0 bridgehead atoms. The maximum Gasteiger partial charge on any atom is 0.294 e. The summed E-state index contributed by atoms with van der Waals surface area (Å²) >= 11 is 0. The molecule has 2 N–H and O–H groups in total. The molecule has 0 unspecified atom stereocenters. The van der Waals surface area contributed by atoms with Gasteiger partial charge in [0.05, 0.1) is 31.2 Å². The Morgan fingerprint density at radius 1 is 1.10 bits per heavy atom. The summed E-state index contributed by atoms with van der Waals surface area (Å²) in [7, 11) is 1.55. The molecule has 3 amide bonds. The van der Waals surface area contributed by atoms with Crippen LogP contribution < -0.4 is 20.3 Å². The summed E-state index contributed by atoms with van der Waals surface area (Å²) < 4.78 is 10.3. The number of hydrogen-bond acceptors (Lipinski definition) is 5. The van der Waals surface area contributed by atoms with Crippen molar-refractivity contribution in [1.29, 1.82) is 0 Å². The SMILES string of the molecule is COc1ccc(NC(=O)C[C@@H]2C(=O)Nc3ccccc3N2C(=O)c2ccco2)cc1. The van der Waals surface area contributed by atoms with Gasteiger partial charge in [0.2, 0.25) is 11.8 Å². The van der Waals surface area contributed by atoms with E-state index in [4.69, 9.17) is 9.15 Å². The number of anilines is 3. The van der Waals surface area contributed by atoms with E-state index in [1.807, 2.05) is 0 Å². The number of carbonyl (C=O) groups is 3. The van der Waals surface area contributed by atoms with E-state index in [2.05, 4.69) is 10.6 Å². The van der Waals surface area contributed by atoms with Crippen molar-refractivity contribution in [2.75, 3.05) is 22.6 Å². The average molecular weight is 405 g/mol. The van der Waals surface area contributed by atoms with Crippen LogP contribution in [0, 0.1) is 0 Å². The number of ether oxygens (including phenoxy) is 1. The van der Waals surface area contributed by atoms with Crippen LogP contribution in [-0.4, -0.2) is 30.9 Å². The fraction of sp³-hybridized carbons (Fsp3) is 0.136. The normalized spacial score (nSPS) is 15.2. The molecular formula is C22H19N3O5. The van der Waals surface area contributed by atoms with Gasteiger partial charge in [-0.3, -0.25) is 19.3 Å². The molecule has 0 saturated carbocycles. The highest BCUT2D eigenvalue weighted by atomic mass is 16.5. The first-order valence-corrected chi connectivity index (χ1v) is 9.27. The first kappa shape index (κ1) is 19.3. The molecule has 0 spiro atoms. The van der Waals surface area contributed by atoms with Crippen LogP contribution in [-0.2, 0) is 9.59 Å². The monoisotopic (exact) mass is 405 g/mol. The molecule has 4 rings (SSSR count). The first-order valence-electron chi connectivity index (χ1n) is 9.27. The van der Waals surface area contributed by atoms with Crippen LogP contribution in [0.15, 0.2) is 71.3 Å². The minimum atomic E-state index is -1.03. The van der Waals surface area contributed by atoms with E-state index < -0.39 is 23.8 Å². The molecule has 1 aliphatic rings. The summed E-state index contributed by atoms with van der Waals surface area (Å²) in [5.74, 6) is -0.605. The summed E-state index contributed by atoms with van der Waals surface area (Å²) in [5.41, 5.74) is 1.55. The summed E-state index contributed by atoms with van der Waals surface area (Å²) in [6.45, 7) is 0. The van der Waals surface area contributed by atoms with Crippen molar-refractivity contribution in [3.63, 3.8) is 0 Å². The van der Waals surface area contributed by atoms with Crippen molar-refractivity contribution in [3.05, 3.63) is 72.7 Å². The number of para-hydroxylation sites is 2. The molecule has 8 heteroatoms. The molecule has 2 heterocycles. The van der Waals surface area contributed by atoms with E-state index in [-0.39, 0.29) is 12.2 Å². The second-order valence-electron chi connectivity index (χ2n) is 6.66. The Morgan fingerprint density at radius 2 is 1.87 bits per heavy atom. The molecule has 1 aromatic heterocycles. The zero-order valence-corrected chi connectivity index (χ0v) is 16.1. The molecule has 3 aromatic rings. The highest BCUT2D eigenvalue weighted by Gasteiger charge is 2.39. The zero-order chi connectivity index (χ0) is 21.1. The highest BCUT2D eigenvalue weighted by molar-refractivity contribution is 6.17. The smallest absolute Gasteiger partial charge is 0.294 e. The van der Waals surface area contributed by atoms with Crippen LogP contribution in [0.2, 0.25) is 0 Å². The van der Waals surface area contributed by atoms with Crippen molar-refractivity contribution in [2.24, 2.45) is 0 Å². The summed E-state index contributed by atoms with van der Waals surface area (Å²) in [5, 5.41) is 5.51. The number of nitrogens with zero attached hydrogens (tertiary/aromatic N) is 1. The van der Waals surface area contributed by atoms with Gasteiger partial charge in [-0.05, 0) is 48.5 Å². The number of rotatable bonds is 5. The molecule has 1 atom stereocenters. The van der Waals surface area contributed by atoms with Gasteiger partial charge >= 0.3 is 0 Å². The second kappa shape index (κ2) is 8.12. The largest absolute Gasteiger partial charge is 0.497 e. The van der Waals surface area contributed by atoms with Gasteiger partial charge in [0.1, 0.15) is 11.8 Å². The second-order valence-corrected chi connectivity index (χ2v) is 6.66. The van der Waals surface area contributed by atoms with E-state index in [9.17, 15) is 14.4 Å². The Bertz CT molecular complexity index is 1080. The number of benzene rings is 2. The lowest BCUT2D eigenvalue weighted by molar-refractivity contribution is -0.122. The molecule has 0 aliphatic carbocycles. The Labute approximate surface area is 172 Å². The number of carbonyl (C=O) groups excluding carboxylic acids is 3. The van der Waals surface area contributed by atoms with Crippen molar-refractivity contribution >= 4 is 34.8 Å². The maximum absolute atomic E-state index is 13.1. The first-order chi connectivity index (χ1) is 14.6. The number of fused-ring (bicyclic) bond motifs is 1. The molecule has 8 nitrogen and oxygen atoms in total. The zero-order valence-electron chi connectivity index (χ0n) is 16.1. The van der Waals surface area contributed by atoms with Crippen LogP contribution in [0.3, 0.4) is 0 Å². The van der Waals surface area contributed by atoms with Gasteiger partial charge in [0.15, 0.2) is 5.76 Å². The predicted molar refractivity (Wildman–Crippen MR) is 111 cm³/mol.